The van der Waals surface area contributed by atoms with Gasteiger partial charge in [0.25, 0.3) is 11.5 Å². The number of carbonyl (C=O) groups is 1. The maximum absolute atomic E-state index is 13.6. The number of thioether (sulfide) groups is 1. The van der Waals surface area contributed by atoms with Crippen molar-refractivity contribution >= 4 is 34.3 Å². The van der Waals surface area contributed by atoms with Crippen LogP contribution < -0.4 is 10.9 Å². The van der Waals surface area contributed by atoms with E-state index in [2.05, 4.69) is 51.4 Å². The number of hydrogen-bond acceptors (Lipinski definition) is 7. The molecule has 2 aliphatic rings. The summed E-state index contributed by atoms with van der Waals surface area (Å²) in [6, 6.07) is 4.57. The number of nitrogens with one attached hydrogen (secondary N) is 2. The number of amides is 1. The van der Waals surface area contributed by atoms with Crippen molar-refractivity contribution in [1.29, 1.82) is 0 Å². The maximum atomic E-state index is 13.6. The number of piperidine rings is 1. The monoisotopic (exact) mass is 577 g/mol. The molecule has 5 heterocycles. The van der Waals surface area contributed by atoms with E-state index in [0.717, 1.165) is 41.8 Å². The Morgan fingerprint density at radius 3 is 2.63 bits per heavy atom. The zero-order valence-corrected chi connectivity index (χ0v) is 25.8. The zero-order valence-electron chi connectivity index (χ0n) is 25.0. The Kier molecular flexibility index (Phi) is 9.31. The molecule has 5 rings (SSSR count). The molecule has 3 aromatic heterocycles. The average molecular weight is 578 g/mol. The van der Waals surface area contributed by atoms with Gasteiger partial charge < -0.3 is 15.2 Å². The van der Waals surface area contributed by atoms with E-state index in [1.165, 1.54) is 43.8 Å². The van der Waals surface area contributed by atoms with E-state index in [4.69, 9.17) is 4.98 Å². The first kappa shape index (κ1) is 29.5. The Labute approximate surface area is 246 Å². The fourth-order valence-electron chi connectivity index (χ4n) is 6.09. The Hall–Kier alpha value is -2.95. The lowest BCUT2D eigenvalue weighted by Gasteiger charge is -2.39. The minimum absolute atomic E-state index is 0.109. The van der Waals surface area contributed by atoms with E-state index >= 15 is 0 Å². The molecule has 0 aromatic carbocycles. The van der Waals surface area contributed by atoms with E-state index in [1.807, 2.05) is 42.4 Å². The summed E-state index contributed by atoms with van der Waals surface area (Å²) in [7, 11) is 0. The third kappa shape index (κ3) is 6.60. The van der Waals surface area contributed by atoms with Crippen LogP contribution in [-0.2, 0) is 6.54 Å². The number of aromatic amines is 1. The van der Waals surface area contributed by atoms with Gasteiger partial charge in [0.05, 0.1) is 22.8 Å². The first-order valence-corrected chi connectivity index (χ1v) is 16.1. The molecule has 0 radical (unpaired) electrons. The molecule has 10 heteroatoms. The van der Waals surface area contributed by atoms with Crippen LogP contribution in [0.4, 0.5) is 0 Å². The molecular formula is C31H43N7O2S. The Morgan fingerprint density at radius 1 is 1.20 bits per heavy atom. The number of hydrogen-bond donors (Lipinski definition) is 2. The summed E-state index contributed by atoms with van der Waals surface area (Å²) in [5.41, 5.74) is 5.34. The standard InChI is InChI=1S/C31H43N7O2S/c1-20(2)38-29-27(19-33-38)25(30(39)32-18-26-21(3)16-22(4)34-31(26)40)17-28(35-29)23-6-12-37(13-7-23)24-8-10-36(11-9-24)14-15-41-5/h6,16-17,19-20,24H,7-15,18H2,1-5H3,(H,32,39)(H,34,40). The molecule has 0 aliphatic carbocycles. The van der Waals surface area contributed by atoms with Crippen molar-refractivity contribution < 1.29 is 4.79 Å². The smallest absolute Gasteiger partial charge is 0.253 e. The van der Waals surface area contributed by atoms with Crippen molar-refractivity contribution in [2.24, 2.45) is 0 Å². The number of fused-ring (bicyclic) bond motifs is 1. The molecule has 0 bridgehead atoms. The van der Waals surface area contributed by atoms with Gasteiger partial charge in [-0.15, -0.1) is 0 Å². The van der Waals surface area contributed by atoms with Crippen molar-refractivity contribution in [2.75, 3.05) is 44.7 Å². The fourth-order valence-corrected chi connectivity index (χ4v) is 6.53. The third-order valence-electron chi connectivity index (χ3n) is 8.47. The highest BCUT2D eigenvalue weighted by Gasteiger charge is 2.27. The first-order valence-electron chi connectivity index (χ1n) is 14.8. The molecule has 2 N–H and O–H groups in total. The van der Waals surface area contributed by atoms with Crippen molar-refractivity contribution in [2.45, 2.75) is 65.6 Å². The summed E-state index contributed by atoms with van der Waals surface area (Å²) in [6.07, 6.45) is 9.56. The van der Waals surface area contributed by atoms with Crippen LogP contribution in [0.15, 0.2) is 29.2 Å². The highest BCUT2D eigenvalue weighted by Crippen LogP contribution is 2.29. The fraction of sp³-hybridized carbons (Fsp3) is 0.548. The van der Waals surface area contributed by atoms with E-state index in [0.29, 0.717) is 22.8 Å². The average Bonchev–Trinajstić information content (AvgIpc) is 3.40. The lowest BCUT2D eigenvalue weighted by atomic mass is 9.97. The van der Waals surface area contributed by atoms with E-state index < -0.39 is 0 Å². The largest absolute Gasteiger partial charge is 0.348 e. The highest BCUT2D eigenvalue weighted by atomic mass is 32.2. The summed E-state index contributed by atoms with van der Waals surface area (Å²) in [5.74, 6) is 0.977. The molecule has 9 nitrogen and oxygen atoms in total. The molecule has 0 spiro atoms. The third-order valence-corrected chi connectivity index (χ3v) is 9.07. The van der Waals surface area contributed by atoms with Crippen LogP contribution in [0, 0.1) is 13.8 Å². The number of H-pyrrole nitrogens is 1. The van der Waals surface area contributed by atoms with Crippen LogP contribution in [0.1, 0.15) is 72.0 Å². The van der Waals surface area contributed by atoms with Gasteiger partial charge in [-0.25, -0.2) is 9.67 Å². The number of carbonyl (C=O) groups excluding carboxylic acids is 1. The quantitative estimate of drug-likeness (QED) is 0.394. The minimum Gasteiger partial charge on any atom is -0.348 e. The second kappa shape index (κ2) is 12.9. The Balaban J connectivity index is 1.35. The topological polar surface area (TPSA) is 99.1 Å². The lowest BCUT2D eigenvalue weighted by Crippen LogP contribution is -2.46. The number of aryl methyl sites for hydroxylation is 2. The van der Waals surface area contributed by atoms with Gasteiger partial charge in [-0.3, -0.25) is 14.5 Å². The molecule has 2 aliphatic heterocycles. The Bertz CT molecular complexity index is 1480. The van der Waals surface area contributed by atoms with Gasteiger partial charge in [0, 0.05) is 55.3 Å². The number of pyridine rings is 2. The predicted octanol–water partition coefficient (Wildman–Crippen LogP) is 4.16. The molecule has 41 heavy (non-hydrogen) atoms. The number of nitrogens with zero attached hydrogens (tertiary/aromatic N) is 5. The van der Waals surface area contributed by atoms with Gasteiger partial charge in [-0.05, 0) is 89.6 Å². The van der Waals surface area contributed by atoms with E-state index in [9.17, 15) is 9.59 Å². The summed E-state index contributed by atoms with van der Waals surface area (Å²) in [5, 5.41) is 8.27. The number of likely N-dealkylation sites (tertiary alicyclic amines) is 1. The van der Waals surface area contributed by atoms with E-state index in [-0.39, 0.29) is 24.1 Å². The minimum atomic E-state index is -0.229. The number of rotatable bonds is 9. The molecule has 0 atom stereocenters. The SMILES string of the molecule is CSCCN1CCC(N2CC=C(c3cc(C(=O)NCc4c(C)cc(C)[nH]c4=O)c4cnn(C(C)C)c4n3)CC2)CC1. The second-order valence-corrected chi connectivity index (χ2v) is 12.6. The van der Waals surface area contributed by atoms with Crippen LogP contribution in [0.3, 0.4) is 0 Å². The Morgan fingerprint density at radius 2 is 1.98 bits per heavy atom. The molecule has 1 amide bonds. The van der Waals surface area contributed by atoms with Gasteiger partial charge >= 0.3 is 0 Å². The van der Waals surface area contributed by atoms with Crippen molar-refractivity contribution in [1.82, 2.24) is 34.9 Å². The van der Waals surface area contributed by atoms with Gasteiger partial charge in [0.1, 0.15) is 0 Å². The second-order valence-electron chi connectivity index (χ2n) is 11.6. The maximum Gasteiger partial charge on any atom is 0.253 e. The summed E-state index contributed by atoms with van der Waals surface area (Å²) >= 11 is 1.92. The van der Waals surface area contributed by atoms with Crippen LogP contribution >= 0.6 is 11.8 Å². The van der Waals surface area contributed by atoms with Crippen molar-refractivity contribution in [3.8, 4) is 0 Å². The summed E-state index contributed by atoms with van der Waals surface area (Å²) in [4.78, 5) is 39.1. The highest BCUT2D eigenvalue weighted by molar-refractivity contribution is 7.98. The van der Waals surface area contributed by atoms with Crippen LogP contribution in [0.2, 0.25) is 0 Å². The van der Waals surface area contributed by atoms with E-state index in [1.54, 1.807) is 6.20 Å². The molecule has 1 saturated heterocycles. The normalized spacial score (nSPS) is 17.4. The molecule has 220 valence electrons. The van der Waals surface area contributed by atoms with Gasteiger partial charge in [-0.1, -0.05) is 6.08 Å². The van der Waals surface area contributed by atoms with Gasteiger partial charge in [0.2, 0.25) is 0 Å². The van der Waals surface area contributed by atoms with Gasteiger partial charge in [0.15, 0.2) is 5.65 Å². The first-order chi connectivity index (χ1) is 19.7. The molecule has 0 saturated carbocycles. The van der Waals surface area contributed by atoms with Gasteiger partial charge in [-0.2, -0.15) is 16.9 Å². The number of aromatic nitrogens is 4. The van der Waals surface area contributed by atoms with Crippen LogP contribution in [-0.4, -0.2) is 86.2 Å². The molecule has 1 fully saturated rings. The molecule has 0 unspecified atom stereocenters. The van der Waals surface area contributed by atoms with Crippen LogP contribution in [0.25, 0.3) is 16.6 Å². The molecule has 3 aromatic rings. The zero-order chi connectivity index (χ0) is 29.1. The summed E-state index contributed by atoms with van der Waals surface area (Å²) in [6.45, 7) is 13.5. The van der Waals surface area contributed by atoms with Crippen molar-refractivity contribution in [3.05, 3.63) is 62.8 Å². The predicted molar refractivity (Wildman–Crippen MR) is 168 cm³/mol. The summed E-state index contributed by atoms with van der Waals surface area (Å²) < 4.78 is 1.88. The lowest BCUT2D eigenvalue weighted by molar-refractivity contribution is 0.0952. The van der Waals surface area contributed by atoms with Crippen molar-refractivity contribution in [3.63, 3.8) is 0 Å². The molecular weight excluding hydrogens is 534 g/mol. The van der Waals surface area contributed by atoms with Crippen LogP contribution in [0.5, 0.6) is 0 Å².